The number of nitrogens with zero attached hydrogens (tertiary/aromatic N) is 5. The lowest BCUT2D eigenvalue weighted by atomic mass is 10.0. The van der Waals surface area contributed by atoms with Crippen molar-refractivity contribution in [3.8, 4) is 17.0 Å². The van der Waals surface area contributed by atoms with Gasteiger partial charge < -0.3 is 40.2 Å². The maximum absolute atomic E-state index is 13.9. The molecule has 1 unspecified atom stereocenters. The first-order valence-corrected chi connectivity index (χ1v) is 22.0. The Morgan fingerprint density at radius 2 is 1.76 bits per heavy atom. The maximum atomic E-state index is 13.9. The number of alkyl halides is 3. The van der Waals surface area contributed by atoms with Crippen LogP contribution < -0.4 is 31.3 Å². The van der Waals surface area contributed by atoms with Crippen LogP contribution in [0.4, 0.5) is 41.9 Å². The van der Waals surface area contributed by atoms with E-state index < -0.39 is 66.3 Å². The minimum absolute atomic E-state index is 0.0103. The van der Waals surface area contributed by atoms with Gasteiger partial charge in [-0.2, -0.15) is 13.2 Å². The topological polar surface area (TPSA) is 235 Å². The molecule has 366 valence electrons. The van der Waals surface area contributed by atoms with Crippen LogP contribution in [0.1, 0.15) is 69.7 Å². The van der Waals surface area contributed by atoms with Gasteiger partial charge in [0.05, 0.1) is 40.0 Å². The number of hydrogen-bond acceptors (Lipinski definition) is 14. The molecule has 5 N–H and O–H groups in total. The number of rotatable bonds is 18. The predicted octanol–water partition coefficient (Wildman–Crippen LogP) is 5.96. The highest BCUT2D eigenvalue weighted by Gasteiger charge is 2.46. The SMILES string of the molecule is C=CC(=O)Nc1cc(Nc2ncc(C(=O)OC(C)C)c(-c3cn(C)c4ccccc34)n2)c(OCC(F)(F)F)c(NC)c1CCN(C)CCC(=O)Nc1cccc2c1C(=O)N(C1CCC(=O)NC1=O)C2=O. The Kier molecular flexibility index (Phi) is 14.7. The highest BCUT2D eigenvalue weighted by Crippen LogP contribution is 2.44. The molecule has 0 bridgehead atoms. The summed E-state index contributed by atoms with van der Waals surface area (Å²) < 4.78 is 54.5. The van der Waals surface area contributed by atoms with Gasteiger partial charge in [0.15, 0.2) is 12.4 Å². The molecule has 4 heterocycles. The molecule has 0 saturated carbocycles. The molecule has 22 heteroatoms. The first-order valence-electron chi connectivity index (χ1n) is 22.0. The van der Waals surface area contributed by atoms with Crippen LogP contribution in [0.5, 0.6) is 5.75 Å². The largest absolute Gasteiger partial charge is 0.480 e. The van der Waals surface area contributed by atoms with E-state index in [0.29, 0.717) is 11.1 Å². The van der Waals surface area contributed by atoms with E-state index in [1.165, 1.54) is 37.5 Å². The standard InChI is InChI=1S/C48H49F3N10O9/c1-7-36(62)55-32-21-33(56-47-53-22-29(46(68)70-25(2)3)40(58-47)30-23-60(6)34-14-9-8-11-26(30)34)42(69-24-48(49,50)51)41(52-4)27(32)17-19-59(5)20-18-38(64)54-31-13-10-12-28-39(31)45(67)61(44(28)66)35-15-16-37(63)57-43(35)65/h7-14,21-23,25,35,52H,1,15-20,24H2,2-6H3,(H,54,64)(H,55,62)(H,53,56,58)(H,57,63,65). The third kappa shape index (κ3) is 10.8. The molecule has 7 rings (SSSR count). The Labute approximate surface area is 398 Å². The van der Waals surface area contributed by atoms with Crippen LogP contribution in [0.2, 0.25) is 0 Å². The molecule has 2 aromatic heterocycles. The Balaban J connectivity index is 1.14. The number of amides is 6. The van der Waals surface area contributed by atoms with Crippen molar-refractivity contribution in [2.24, 2.45) is 7.05 Å². The van der Waals surface area contributed by atoms with Gasteiger partial charge in [-0.15, -0.1) is 0 Å². The number of para-hydroxylation sites is 1. The van der Waals surface area contributed by atoms with Crippen LogP contribution in [0.15, 0.2) is 73.6 Å². The maximum Gasteiger partial charge on any atom is 0.422 e. The van der Waals surface area contributed by atoms with Crippen LogP contribution in [-0.2, 0) is 37.4 Å². The summed E-state index contributed by atoms with van der Waals surface area (Å²) in [6, 6.07) is 11.9. The van der Waals surface area contributed by atoms with Crippen molar-refractivity contribution < 1.29 is 56.2 Å². The molecule has 0 radical (unpaired) electrons. The van der Waals surface area contributed by atoms with Crippen molar-refractivity contribution in [3.63, 3.8) is 0 Å². The Morgan fingerprint density at radius 3 is 2.46 bits per heavy atom. The third-order valence-electron chi connectivity index (χ3n) is 11.4. The summed E-state index contributed by atoms with van der Waals surface area (Å²) in [4.78, 5) is 102. The molecule has 19 nitrogen and oxygen atoms in total. The van der Waals surface area contributed by atoms with Crippen LogP contribution in [0, 0.1) is 0 Å². The average molecular weight is 967 g/mol. The highest BCUT2D eigenvalue weighted by atomic mass is 19.4. The molecular formula is C48H49F3N10O9. The molecule has 3 aromatic carbocycles. The van der Waals surface area contributed by atoms with Crippen molar-refractivity contribution in [3.05, 3.63) is 95.8 Å². The Bertz CT molecular complexity index is 2950. The molecule has 0 aliphatic carbocycles. The van der Waals surface area contributed by atoms with E-state index >= 15 is 0 Å². The summed E-state index contributed by atoms with van der Waals surface area (Å²) in [5, 5.41) is 14.2. The van der Waals surface area contributed by atoms with Crippen molar-refractivity contribution in [1.82, 2.24) is 29.7 Å². The summed E-state index contributed by atoms with van der Waals surface area (Å²) in [5.74, 6) is -5.12. The first kappa shape index (κ1) is 49.8. The normalized spacial score (nSPS) is 14.7. The zero-order chi connectivity index (χ0) is 50.6. The number of imide groups is 2. The second-order valence-corrected chi connectivity index (χ2v) is 16.7. The first-order chi connectivity index (χ1) is 33.3. The Morgan fingerprint density at radius 1 is 1.00 bits per heavy atom. The molecule has 0 spiro atoms. The molecule has 1 fully saturated rings. The monoisotopic (exact) mass is 966 g/mol. The number of carbonyl (C=O) groups is 7. The molecule has 6 amide bonds. The molecule has 5 aromatic rings. The fourth-order valence-corrected chi connectivity index (χ4v) is 8.18. The van der Waals surface area contributed by atoms with Gasteiger partial charge in [0, 0.05) is 80.1 Å². The fraction of sp³-hybridized carbons (Fsp3) is 0.312. The molecule has 2 aliphatic heterocycles. The van der Waals surface area contributed by atoms with Gasteiger partial charge in [-0.3, -0.25) is 39.0 Å². The molecule has 1 saturated heterocycles. The van der Waals surface area contributed by atoms with E-state index in [1.54, 1.807) is 32.0 Å². The smallest absolute Gasteiger partial charge is 0.422 e. The second-order valence-electron chi connectivity index (χ2n) is 16.7. The molecular weight excluding hydrogens is 918 g/mol. The lowest BCUT2D eigenvalue weighted by molar-refractivity contribution is -0.153. The number of ether oxygens (including phenoxy) is 2. The summed E-state index contributed by atoms with van der Waals surface area (Å²) in [6.45, 7) is 5.52. The van der Waals surface area contributed by atoms with Gasteiger partial charge in [-0.25, -0.2) is 14.8 Å². The third-order valence-corrected chi connectivity index (χ3v) is 11.4. The quantitative estimate of drug-likeness (QED) is 0.0388. The van der Waals surface area contributed by atoms with Crippen LogP contribution in [-0.4, -0.2) is 118 Å². The van der Waals surface area contributed by atoms with Crippen molar-refractivity contribution in [2.45, 2.75) is 57.9 Å². The van der Waals surface area contributed by atoms with Crippen molar-refractivity contribution >= 4 is 81.0 Å². The molecule has 2 aliphatic rings. The number of piperidine rings is 1. The number of fused-ring (bicyclic) bond motifs is 2. The highest BCUT2D eigenvalue weighted by molar-refractivity contribution is 6.26. The summed E-state index contributed by atoms with van der Waals surface area (Å²) >= 11 is 0. The van der Waals surface area contributed by atoms with Gasteiger partial charge in [0.25, 0.3) is 11.8 Å². The zero-order valence-corrected chi connectivity index (χ0v) is 38.7. The van der Waals surface area contributed by atoms with Gasteiger partial charge in [0.1, 0.15) is 11.6 Å². The van der Waals surface area contributed by atoms with Crippen LogP contribution >= 0.6 is 0 Å². The van der Waals surface area contributed by atoms with Gasteiger partial charge in [-0.1, -0.05) is 30.8 Å². The number of benzene rings is 3. The minimum Gasteiger partial charge on any atom is -0.480 e. The molecule has 70 heavy (non-hydrogen) atoms. The van der Waals surface area contributed by atoms with Gasteiger partial charge >= 0.3 is 12.1 Å². The number of aromatic nitrogens is 3. The summed E-state index contributed by atoms with van der Waals surface area (Å²) in [6.07, 6.45) is -1.34. The number of likely N-dealkylation sites (N-methyl/N-ethyl adjacent to an activating group) is 1. The predicted molar refractivity (Wildman–Crippen MR) is 252 cm³/mol. The second kappa shape index (κ2) is 20.6. The lowest BCUT2D eigenvalue weighted by Gasteiger charge is -2.27. The van der Waals surface area contributed by atoms with Crippen molar-refractivity contribution in [1.29, 1.82) is 0 Å². The van der Waals surface area contributed by atoms with E-state index in [4.69, 9.17) is 14.5 Å². The number of halogens is 3. The minimum atomic E-state index is -4.77. The van der Waals surface area contributed by atoms with E-state index in [0.717, 1.165) is 21.9 Å². The number of nitrogens with one attached hydrogen (secondary N) is 5. The number of hydrogen-bond donors (Lipinski definition) is 5. The summed E-state index contributed by atoms with van der Waals surface area (Å²) in [7, 11) is 4.98. The van der Waals surface area contributed by atoms with E-state index in [2.05, 4.69) is 38.1 Å². The number of anilines is 5. The van der Waals surface area contributed by atoms with Gasteiger partial charge in [0.2, 0.25) is 29.6 Å². The lowest BCUT2D eigenvalue weighted by Crippen LogP contribution is -2.54. The number of aryl methyl sites for hydroxylation is 1. The van der Waals surface area contributed by atoms with Gasteiger partial charge in [-0.05, 0) is 64.1 Å². The van der Waals surface area contributed by atoms with E-state index in [1.807, 2.05) is 35.9 Å². The number of carbonyl (C=O) groups excluding carboxylic acids is 7. The zero-order valence-electron chi connectivity index (χ0n) is 38.7. The fourth-order valence-electron chi connectivity index (χ4n) is 8.18. The Hall–Kier alpha value is -8.14. The summed E-state index contributed by atoms with van der Waals surface area (Å²) in [5.41, 5.74) is 1.99. The van der Waals surface area contributed by atoms with Crippen LogP contribution in [0.3, 0.4) is 0 Å². The average Bonchev–Trinajstić information content (AvgIpc) is 3.78. The van der Waals surface area contributed by atoms with E-state index in [9.17, 15) is 46.7 Å². The van der Waals surface area contributed by atoms with E-state index in [-0.39, 0.29) is 95.6 Å². The number of esters is 1. The van der Waals surface area contributed by atoms with Crippen LogP contribution in [0.25, 0.3) is 22.2 Å². The van der Waals surface area contributed by atoms with Crippen molar-refractivity contribution in [2.75, 3.05) is 55.1 Å². The molecule has 1 atom stereocenters.